The van der Waals surface area contributed by atoms with Crippen LogP contribution in [-0.2, 0) is 0 Å². The monoisotopic (exact) mass is 352 g/mol. The van der Waals surface area contributed by atoms with E-state index in [-0.39, 0.29) is 23.1 Å². The largest absolute Gasteiger partial charge is 0.507 e. The average Bonchev–Trinajstić information content (AvgIpc) is 3.11. The van der Waals surface area contributed by atoms with E-state index in [1.165, 1.54) is 13.2 Å². The van der Waals surface area contributed by atoms with Crippen LogP contribution in [0, 0.1) is 0 Å². The SMILES string of the molecule is COc1ccc(C(=O)N2CCCC(c3nnc4ccccn34)C2)c(O)c1. The number of rotatable bonds is 3. The van der Waals surface area contributed by atoms with Crippen LogP contribution in [0.3, 0.4) is 0 Å². The van der Waals surface area contributed by atoms with Gasteiger partial charge < -0.3 is 14.7 Å². The molecule has 3 aromatic rings. The van der Waals surface area contributed by atoms with Gasteiger partial charge in [-0.25, -0.2) is 0 Å². The van der Waals surface area contributed by atoms with Gasteiger partial charge in [0.2, 0.25) is 0 Å². The summed E-state index contributed by atoms with van der Waals surface area (Å²) in [5.74, 6) is 1.26. The number of phenolic OH excluding ortho intramolecular Hbond substituents is 1. The quantitative estimate of drug-likeness (QED) is 0.783. The van der Waals surface area contributed by atoms with Gasteiger partial charge in [-0.2, -0.15) is 0 Å². The second-order valence-electron chi connectivity index (χ2n) is 6.46. The Morgan fingerprint density at radius 1 is 1.27 bits per heavy atom. The van der Waals surface area contributed by atoms with Gasteiger partial charge in [0.1, 0.15) is 17.3 Å². The van der Waals surface area contributed by atoms with Crippen molar-refractivity contribution in [2.75, 3.05) is 20.2 Å². The summed E-state index contributed by atoms with van der Waals surface area (Å²) in [5.41, 5.74) is 1.09. The van der Waals surface area contributed by atoms with Crippen LogP contribution >= 0.6 is 0 Å². The lowest BCUT2D eigenvalue weighted by molar-refractivity contribution is 0.0701. The molecular weight excluding hydrogens is 332 g/mol. The zero-order valence-electron chi connectivity index (χ0n) is 14.5. The molecule has 1 atom stereocenters. The molecule has 1 aliphatic rings. The van der Waals surface area contributed by atoms with Gasteiger partial charge >= 0.3 is 0 Å². The number of ether oxygens (including phenoxy) is 1. The molecule has 1 saturated heterocycles. The summed E-state index contributed by atoms with van der Waals surface area (Å²) in [7, 11) is 1.52. The van der Waals surface area contributed by atoms with Crippen LogP contribution in [0.15, 0.2) is 42.6 Å². The molecule has 1 aromatic carbocycles. The Kier molecular flexibility index (Phi) is 4.20. The summed E-state index contributed by atoms with van der Waals surface area (Å²) in [6.07, 6.45) is 3.78. The highest BCUT2D eigenvalue weighted by atomic mass is 16.5. The van der Waals surface area contributed by atoms with Crippen LogP contribution in [-0.4, -0.2) is 50.7 Å². The second kappa shape index (κ2) is 6.67. The Hall–Kier alpha value is -3.09. The number of carbonyl (C=O) groups excluding carboxylic acids is 1. The van der Waals surface area contributed by atoms with Crippen LogP contribution in [0.4, 0.5) is 0 Å². The smallest absolute Gasteiger partial charge is 0.257 e. The van der Waals surface area contributed by atoms with Crippen molar-refractivity contribution in [1.82, 2.24) is 19.5 Å². The van der Waals surface area contributed by atoms with Gasteiger partial charge in [0, 0.05) is 31.3 Å². The fourth-order valence-electron chi connectivity index (χ4n) is 3.50. The number of hydrogen-bond acceptors (Lipinski definition) is 5. The van der Waals surface area contributed by atoms with E-state index in [0.717, 1.165) is 24.3 Å². The fourth-order valence-corrected chi connectivity index (χ4v) is 3.50. The number of likely N-dealkylation sites (tertiary alicyclic amines) is 1. The van der Waals surface area contributed by atoms with Crippen LogP contribution in [0.25, 0.3) is 5.65 Å². The number of piperidine rings is 1. The van der Waals surface area contributed by atoms with E-state index in [4.69, 9.17) is 4.74 Å². The van der Waals surface area contributed by atoms with Crippen molar-refractivity contribution in [2.24, 2.45) is 0 Å². The van der Waals surface area contributed by atoms with Crippen molar-refractivity contribution in [3.8, 4) is 11.5 Å². The first-order valence-electron chi connectivity index (χ1n) is 8.63. The third kappa shape index (κ3) is 2.85. The van der Waals surface area contributed by atoms with E-state index in [9.17, 15) is 9.90 Å². The van der Waals surface area contributed by atoms with Crippen LogP contribution in [0.5, 0.6) is 11.5 Å². The molecule has 134 valence electrons. The Balaban J connectivity index is 1.58. The van der Waals surface area contributed by atoms with E-state index in [0.29, 0.717) is 18.8 Å². The molecule has 4 rings (SSSR count). The summed E-state index contributed by atoms with van der Waals surface area (Å²) in [6, 6.07) is 10.5. The lowest BCUT2D eigenvalue weighted by Crippen LogP contribution is -2.39. The molecule has 0 saturated carbocycles. The topological polar surface area (TPSA) is 80.0 Å². The van der Waals surface area contributed by atoms with Gasteiger partial charge in [-0.1, -0.05) is 6.07 Å². The zero-order chi connectivity index (χ0) is 18.1. The van der Waals surface area contributed by atoms with E-state index in [1.807, 2.05) is 28.8 Å². The van der Waals surface area contributed by atoms with Crippen molar-refractivity contribution >= 4 is 11.6 Å². The Labute approximate surface area is 150 Å². The first-order chi connectivity index (χ1) is 12.7. The highest BCUT2D eigenvalue weighted by Gasteiger charge is 2.29. The molecule has 1 fully saturated rings. The average molecular weight is 352 g/mol. The summed E-state index contributed by atoms with van der Waals surface area (Å²) < 4.78 is 7.05. The molecule has 0 bridgehead atoms. The minimum atomic E-state index is -0.177. The van der Waals surface area contributed by atoms with Crippen molar-refractivity contribution in [3.63, 3.8) is 0 Å². The Bertz CT molecular complexity index is 953. The lowest BCUT2D eigenvalue weighted by Gasteiger charge is -2.32. The third-order valence-electron chi connectivity index (χ3n) is 4.85. The first-order valence-corrected chi connectivity index (χ1v) is 8.63. The van der Waals surface area contributed by atoms with Crippen molar-refractivity contribution in [1.29, 1.82) is 0 Å². The third-order valence-corrected chi connectivity index (χ3v) is 4.85. The van der Waals surface area contributed by atoms with Crippen molar-refractivity contribution in [2.45, 2.75) is 18.8 Å². The molecule has 3 heterocycles. The summed E-state index contributed by atoms with van der Waals surface area (Å²) in [6.45, 7) is 1.22. The summed E-state index contributed by atoms with van der Waals surface area (Å²) in [5, 5.41) is 18.7. The van der Waals surface area contributed by atoms with Gasteiger partial charge in [0.05, 0.1) is 12.7 Å². The van der Waals surface area contributed by atoms with E-state index >= 15 is 0 Å². The molecule has 7 nitrogen and oxygen atoms in total. The van der Waals surface area contributed by atoms with Gasteiger partial charge in [0.15, 0.2) is 5.65 Å². The van der Waals surface area contributed by atoms with Gasteiger partial charge in [0.25, 0.3) is 5.91 Å². The molecular formula is C19H20N4O3. The molecule has 7 heteroatoms. The molecule has 1 aliphatic heterocycles. The normalized spacial score (nSPS) is 17.4. The molecule has 1 amide bonds. The molecule has 1 unspecified atom stereocenters. The zero-order valence-corrected chi connectivity index (χ0v) is 14.5. The highest BCUT2D eigenvalue weighted by Crippen LogP contribution is 2.29. The number of aromatic hydroxyl groups is 1. The van der Waals surface area contributed by atoms with E-state index in [1.54, 1.807) is 17.0 Å². The minimum Gasteiger partial charge on any atom is -0.507 e. The lowest BCUT2D eigenvalue weighted by atomic mass is 9.96. The summed E-state index contributed by atoms with van der Waals surface area (Å²) in [4.78, 5) is 14.7. The predicted molar refractivity (Wildman–Crippen MR) is 95.5 cm³/mol. The predicted octanol–water partition coefficient (Wildman–Crippen LogP) is 2.46. The molecule has 0 aliphatic carbocycles. The van der Waals surface area contributed by atoms with Crippen molar-refractivity contribution < 1.29 is 14.6 Å². The fraction of sp³-hybridized carbons (Fsp3) is 0.316. The number of phenols is 1. The maximum atomic E-state index is 12.9. The Morgan fingerprint density at radius 2 is 2.15 bits per heavy atom. The molecule has 1 N–H and O–H groups in total. The van der Waals surface area contributed by atoms with Crippen LogP contribution < -0.4 is 4.74 Å². The van der Waals surface area contributed by atoms with Crippen molar-refractivity contribution in [3.05, 3.63) is 54.0 Å². The van der Waals surface area contributed by atoms with Crippen LogP contribution in [0.2, 0.25) is 0 Å². The maximum Gasteiger partial charge on any atom is 0.257 e. The van der Waals surface area contributed by atoms with E-state index in [2.05, 4.69) is 10.2 Å². The number of benzene rings is 1. The molecule has 26 heavy (non-hydrogen) atoms. The molecule has 0 radical (unpaired) electrons. The Morgan fingerprint density at radius 3 is 2.96 bits per heavy atom. The molecule has 0 spiro atoms. The first kappa shape index (κ1) is 16.4. The minimum absolute atomic E-state index is 0.0654. The number of hydrogen-bond donors (Lipinski definition) is 1. The van der Waals surface area contributed by atoms with E-state index < -0.39 is 0 Å². The number of fused-ring (bicyclic) bond motifs is 1. The summed E-state index contributed by atoms with van der Waals surface area (Å²) >= 11 is 0. The molecule has 2 aromatic heterocycles. The van der Waals surface area contributed by atoms with Gasteiger partial charge in [-0.05, 0) is 37.1 Å². The van der Waals surface area contributed by atoms with Crippen LogP contribution in [0.1, 0.15) is 34.9 Å². The number of aromatic nitrogens is 3. The number of nitrogens with zero attached hydrogens (tertiary/aromatic N) is 4. The maximum absolute atomic E-state index is 12.9. The standard InChI is InChI=1S/C19H20N4O3/c1-26-14-7-8-15(16(24)11-14)19(25)22-9-4-5-13(12-22)18-21-20-17-6-2-3-10-23(17)18/h2-3,6-8,10-11,13,24H,4-5,9,12H2,1H3. The van der Waals surface area contributed by atoms with Gasteiger partial charge in [-0.15, -0.1) is 10.2 Å². The number of methoxy groups -OCH3 is 1. The number of amides is 1. The van der Waals surface area contributed by atoms with Gasteiger partial charge in [-0.3, -0.25) is 9.20 Å². The highest BCUT2D eigenvalue weighted by molar-refractivity contribution is 5.97. The number of carbonyl (C=O) groups is 1. The number of pyridine rings is 1. The second-order valence-corrected chi connectivity index (χ2v) is 6.46.